The van der Waals surface area contributed by atoms with Gasteiger partial charge in [-0.2, -0.15) is 0 Å². The summed E-state index contributed by atoms with van der Waals surface area (Å²) in [4.78, 5) is 35.2. The van der Waals surface area contributed by atoms with Crippen LogP contribution in [0.3, 0.4) is 0 Å². The van der Waals surface area contributed by atoms with Crippen molar-refractivity contribution in [3.05, 3.63) is 59.7 Å². The molecule has 2 aromatic carbocycles. The normalized spacial score (nSPS) is 10.3. The van der Waals surface area contributed by atoms with Crippen LogP contribution in [0.4, 0.5) is 10.5 Å². The fourth-order valence-corrected chi connectivity index (χ4v) is 2.22. The molecule has 0 aliphatic carbocycles. The van der Waals surface area contributed by atoms with Crippen molar-refractivity contribution in [2.75, 3.05) is 11.9 Å². The van der Waals surface area contributed by atoms with Gasteiger partial charge in [-0.3, -0.25) is 9.59 Å². The number of rotatable bonds is 7. The van der Waals surface area contributed by atoms with E-state index in [9.17, 15) is 14.4 Å². The van der Waals surface area contributed by atoms with Gasteiger partial charge in [0.25, 0.3) is 5.91 Å². The molecule has 148 valence electrons. The largest absolute Gasteiger partial charge is 0.513 e. The maximum atomic E-state index is 12.3. The Hall–Kier alpha value is -3.35. The number of nitrogens with one attached hydrogen (secondary N) is 2. The third-order valence-corrected chi connectivity index (χ3v) is 3.78. The van der Waals surface area contributed by atoms with Gasteiger partial charge >= 0.3 is 6.16 Å². The Morgan fingerprint density at radius 1 is 0.964 bits per heavy atom. The smallest absolute Gasteiger partial charge is 0.434 e. The Balaban J connectivity index is 1.90. The molecule has 0 radical (unpaired) electrons. The molecule has 0 saturated carbocycles. The van der Waals surface area contributed by atoms with E-state index in [1.807, 2.05) is 26.0 Å². The van der Waals surface area contributed by atoms with Crippen molar-refractivity contribution >= 4 is 23.7 Å². The highest BCUT2D eigenvalue weighted by atomic mass is 16.7. The third kappa shape index (κ3) is 6.42. The van der Waals surface area contributed by atoms with Crippen LogP contribution in [0.5, 0.6) is 5.75 Å². The molecule has 2 aromatic rings. The van der Waals surface area contributed by atoms with Gasteiger partial charge in [0, 0.05) is 23.7 Å². The van der Waals surface area contributed by atoms with Gasteiger partial charge in [0.15, 0.2) is 0 Å². The summed E-state index contributed by atoms with van der Waals surface area (Å²) >= 11 is 0. The lowest BCUT2D eigenvalue weighted by Gasteiger charge is -2.09. The Morgan fingerprint density at radius 2 is 1.61 bits per heavy atom. The fourth-order valence-electron chi connectivity index (χ4n) is 2.22. The topological polar surface area (TPSA) is 93.7 Å². The number of carbonyl (C=O) groups is 3. The molecule has 0 aromatic heterocycles. The van der Waals surface area contributed by atoms with Gasteiger partial charge in [-0.15, -0.1) is 0 Å². The van der Waals surface area contributed by atoms with Gasteiger partial charge in [0.05, 0.1) is 6.61 Å². The van der Waals surface area contributed by atoms with Crippen LogP contribution in [0.2, 0.25) is 0 Å². The lowest BCUT2D eigenvalue weighted by molar-refractivity contribution is -0.124. The summed E-state index contributed by atoms with van der Waals surface area (Å²) in [6, 6.07) is 13.4. The van der Waals surface area contributed by atoms with Gasteiger partial charge in [-0.1, -0.05) is 26.0 Å². The molecule has 0 saturated heterocycles. The second-order valence-corrected chi connectivity index (χ2v) is 6.33. The standard InChI is InChI=1S/C21H24N2O5/c1-4-27-21(26)28-18-11-7-16(8-12-18)20(25)23-17-9-5-15(6-10-17)13-22-19(24)14(2)3/h5-12,14H,4,13H2,1-3H3,(H,22,24)(H,23,25). The average molecular weight is 384 g/mol. The highest BCUT2D eigenvalue weighted by Gasteiger charge is 2.09. The molecule has 0 spiro atoms. The zero-order chi connectivity index (χ0) is 20.5. The summed E-state index contributed by atoms with van der Waals surface area (Å²) in [5, 5.41) is 5.63. The first kappa shape index (κ1) is 21.0. The van der Waals surface area contributed by atoms with Crippen molar-refractivity contribution in [1.82, 2.24) is 5.32 Å². The molecule has 0 bridgehead atoms. The molecule has 2 amide bonds. The third-order valence-electron chi connectivity index (χ3n) is 3.78. The maximum absolute atomic E-state index is 12.3. The van der Waals surface area contributed by atoms with E-state index in [4.69, 9.17) is 9.47 Å². The van der Waals surface area contributed by atoms with Crippen LogP contribution in [-0.2, 0) is 16.1 Å². The van der Waals surface area contributed by atoms with Crippen molar-refractivity contribution in [2.45, 2.75) is 27.3 Å². The summed E-state index contributed by atoms with van der Waals surface area (Å²) < 4.78 is 9.64. The van der Waals surface area contributed by atoms with Crippen molar-refractivity contribution in [3.8, 4) is 5.75 Å². The lowest BCUT2D eigenvalue weighted by atomic mass is 10.1. The summed E-state index contributed by atoms with van der Waals surface area (Å²) in [6.45, 7) is 6.02. The highest BCUT2D eigenvalue weighted by molar-refractivity contribution is 6.04. The number of anilines is 1. The minimum atomic E-state index is -0.788. The van der Waals surface area contributed by atoms with Gasteiger partial charge in [-0.25, -0.2) is 4.79 Å². The van der Waals surface area contributed by atoms with Crippen molar-refractivity contribution in [1.29, 1.82) is 0 Å². The summed E-state index contributed by atoms with van der Waals surface area (Å²) in [5.74, 6) is -0.0632. The number of carbonyl (C=O) groups excluding carboxylic acids is 3. The minimum Gasteiger partial charge on any atom is -0.434 e. The monoisotopic (exact) mass is 384 g/mol. The Kier molecular flexibility index (Phi) is 7.56. The first-order chi connectivity index (χ1) is 13.4. The summed E-state index contributed by atoms with van der Waals surface area (Å²) in [7, 11) is 0. The predicted molar refractivity (Wildman–Crippen MR) is 105 cm³/mol. The molecular formula is C21H24N2O5. The van der Waals surface area contributed by atoms with E-state index in [1.165, 1.54) is 12.1 Å². The number of benzene rings is 2. The first-order valence-electron chi connectivity index (χ1n) is 9.01. The average Bonchev–Trinajstić information content (AvgIpc) is 2.67. The number of hydrogen-bond donors (Lipinski definition) is 2. The number of hydrogen-bond acceptors (Lipinski definition) is 5. The summed E-state index contributed by atoms with van der Waals surface area (Å²) in [6.07, 6.45) is -0.788. The Morgan fingerprint density at radius 3 is 2.18 bits per heavy atom. The van der Waals surface area contributed by atoms with Gasteiger partial charge in [0.1, 0.15) is 5.75 Å². The molecule has 2 rings (SSSR count). The Labute approximate surface area is 164 Å². The molecular weight excluding hydrogens is 360 g/mol. The quantitative estimate of drug-likeness (QED) is 0.560. The molecule has 0 atom stereocenters. The van der Waals surface area contributed by atoms with Crippen LogP contribution in [-0.4, -0.2) is 24.6 Å². The molecule has 7 heteroatoms. The zero-order valence-electron chi connectivity index (χ0n) is 16.2. The van der Waals surface area contributed by atoms with Crippen molar-refractivity contribution < 1.29 is 23.9 Å². The van der Waals surface area contributed by atoms with E-state index in [0.29, 0.717) is 23.5 Å². The van der Waals surface area contributed by atoms with Gasteiger partial charge in [-0.05, 0) is 48.9 Å². The number of ether oxygens (including phenoxy) is 2. The van der Waals surface area contributed by atoms with Crippen LogP contribution in [0.25, 0.3) is 0 Å². The number of amides is 2. The van der Waals surface area contributed by atoms with Crippen molar-refractivity contribution in [2.24, 2.45) is 5.92 Å². The van der Waals surface area contributed by atoms with Gasteiger partial charge < -0.3 is 20.1 Å². The van der Waals surface area contributed by atoms with E-state index < -0.39 is 6.16 Å². The van der Waals surface area contributed by atoms with Crippen LogP contribution >= 0.6 is 0 Å². The summed E-state index contributed by atoms with van der Waals surface area (Å²) in [5.41, 5.74) is 1.99. The highest BCUT2D eigenvalue weighted by Crippen LogP contribution is 2.15. The minimum absolute atomic E-state index is 0.00670. The molecule has 28 heavy (non-hydrogen) atoms. The van der Waals surface area contributed by atoms with Crippen LogP contribution in [0.1, 0.15) is 36.7 Å². The SMILES string of the molecule is CCOC(=O)Oc1ccc(C(=O)Nc2ccc(CNC(=O)C(C)C)cc2)cc1. The van der Waals surface area contributed by atoms with E-state index in [2.05, 4.69) is 10.6 Å². The van der Waals surface area contributed by atoms with E-state index in [0.717, 1.165) is 5.56 Å². The van der Waals surface area contributed by atoms with Crippen LogP contribution < -0.4 is 15.4 Å². The second kappa shape index (κ2) is 10.1. The maximum Gasteiger partial charge on any atom is 0.513 e. The molecule has 7 nitrogen and oxygen atoms in total. The van der Waals surface area contributed by atoms with E-state index >= 15 is 0 Å². The Bertz CT molecular complexity index is 814. The fraction of sp³-hybridized carbons (Fsp3) is 0.286. The van der Waals surface area contributed by atoms with Gasteiger partial charge in [0.2, 0.25) is 5.91 Å². The molecule has 0 heterocycles. The molecule has 0 aliphatic rings. The lowest BCUT2D eigenvalue weighted by Crippen LogP contribution is -2.27. The molecule has 0 fully saturated rings. The predicted octanol–water partition coefficient (Wildman–Crippen LogP) is 3.75. The molecule has 0 aliphatic heterocycles. The first-order valence-corrected chi connectivity index (χ1v) is 9.01. The molecule has 2 N–H and O–H groups in total. The van der Waals surface area contributed by atoms with Crippen LogP contribution in [0.15, 0.2) is 48.5 Å². The van der Waals surface area contributed by atoms with Crippen LogP contribution in [0, 0.1) is 5.92 Å². The second-order valence-electron chi connectivity index (χ2n) is 6.33. The zero-order valence-corrected chi connectivity index (χ0v) is 16.2. The van der Waals surface area contributed by atoms with E-state index in [1.54, 1.807) is 31.2 Å². The van der Waals surface area contributed by atoms with E-state index in [-0.39, 0.29) is 24.3 Å². The molecule has 0 unspecified atom stereocenters. The van der Waals surface area contributed by atoms with Crippen molar-refractivity contribution in [3.63, 3.8) is 0 Å².